The van der Waals surface area contributed by atoms with E-state index in [1.807, 2.05) is 32.0 Å². The minimum atomic E-state index is 0. The van der Waals surface area contributed by atoms with Crippen molar-refractivity contribution in [2.45, 2.75) is 67.9 Å². The lowest BCUT2D eigenvalue weighted by Crippen LogP contribution is -2.13. The van der Waals surface area contributed by atoms with E-state index < -0.39 is 0 Å². The highest BCUT2D eigenvalue weighted by atomic mass is 14.8. The predicted octanol–water partition coefficient (Wildman–Crippen LogP) is 6.80. The maximum absolute atomic E-state index is 3.40. The van der Waals surface area contributed by atoms with Gasteiger partial charge in [-0.05, 0) is 37.4 Å². The first-order chi connectivity index (χ1) is 11.3. The van der Waals surface area contributed by atoms with Crippen molar-refractivity contribution in [2.24, 2.45) is 0 Å². The van der Waals surface area contributed by atoms with Gasteiger partial charge in [-0.1, -0.05) is 102 Å². The van der Waals surface area contributed by atoms with Crippen LogP contribution in [-0.2, 0) is 13.0 Å². The van der Waals surface area contributed by atoms with Gasteiger partial charge in [-0.15, -0.1) is 0 Å². The van der Waals surface area contributed by atoms with Crippen LogP contribution in [-0.4, -0.2) is 6.54 Å². The molecule has 0 aliphatic carbocycles. The summed E-state index contributed by atoms with van der Waals surface area (Å²) < 4.78 is 0. The van der Waals surface area contributed by atoms with Crippen molar-refractivity contribution >= 4 is 0 Å². The molecule has 0 spiro atoms. The minimum Gasteiger partial charge on any atom is -0.313 e. The van der Waals surface area contributed by atoms with Gasteiger partial charge in [0.25, 0.3) is 0 Å². The number of hydrogen-bond donors (Lipinski definition) is 1. The molecule has 0 radical (unpaired) electrons. The van der Waals surface area contributed by atoms with Crippen LogP contribution in [0, 0.1) is 6.92 Å². The molecule has 0 amide bonds. The summed E-state index contributed by atoms with van der Waals surface area (Å²) in [5, 5.41) is 3.40. The van der Waals surface area contributed by atoms with Crippen LogP contribution in [0.2, 0.25) is 0 Å². The SMILES string of the molecule is C.CC.CCCNCc1ccc(CCC)cc1.Cc1ccccc1. The molecule has 24 heavy (non-hydrogen) atoms. The minimum absolute atomic E-state index is 0. The second-order valence-electron chi connectivity index (χ2n) is 5.40. The summed E-state index contributed by atoms with van der Waals surface area (Å²) in [4.78, 5) is 0. The maximum atomic E-state index is 3.40. The first kappa shape index (κ1) is 24.6. The largest absolute Gasteiger partial charge is 0.313 e. The van der Waals surface area contributed by atoms with E-state index in [9.17, 15) is 0 Å². The second-order valence-corrected chi connectivity index (χ2v) is 5.40. The number of aryl methyl sites for hydroxylation is 2. The molecule has 2 aromatic carbocycles. The van der Waals surface area contributed by atoms with Crippen molar-refractivity contribution in [2.75, 3.05) is 6.54 Å². The van der Waals surface area contributed by atoms with Crippen molar-refractivity contribution in [1.82, 2.24) is 5.32 Å². The molecule has 2 aromatic rings. The summed E-state index contributed by atoms with van der Waals surface area (Å²) in [6, 6.07) is 19.2. The Morgan fingerprint density at radius 1 is 0.750 bits per heavy atom. The maximum Gasteiger partial charge on any atom is 0.0205 e. The molecule has 0 aliphatic rings. The Hall–Kier alpha value is -1.60. The highest BCUT2D eigenvalue weighted by Gasteiger charge is 1.93. The van der Waals surface area contributed by atoms with E-state index in [2.05, 4.69) is 62.5 Å². The van der Waals surface area contributed by atoms with E-state index in [4.69, 9.17) is 0 Å². The molecule has 1 N–H and O–H groups in total. The Morgan fingerprint density at radius 3 is 1.71 bits per heavy atom. The van der Waals surface area contributed by atoms with Crippen LogP contribution < -0.4 is 5.32 Å². The third kappa shape index (κ3) is 12.9. The Morgan fingerprint density at radius 2 is 1.29 bits per heavy atom. The normalized spacial score (nSPS) is 8.88. The highest BCUT2D eigenvalue weighted by Crippen LogP contribution is 2.06. The Labute approximate surface area is 151 Å². The van der Waals surface area contributed by atoms with Gasteiger partial charge in [0.2, 0.25) is 0 Å². The van der Waals surface area contributed by atoms with Gasteiger partial charge < -0.3 is 5.32 Å². The molecule has 0 fully saturated rings. The molecule has 0 saturated carbocycles. The third-order valence-corrected chi connectivity index (χ3v) is 3.26. The lowest BCUT2D eigenvalue weighted by Gasteiger charge is -2.04. The zero-order valence-electron chi connectivity index (χ0n) is 15.7. The third-order valence-electron chi connectivity index (χ3n) is 3.26. The Kier molecular flexibility index (Phi) is 18.2. The lowest BCUT2D eigenvalue weighted by molar-refractivity contribution is 0.675. The summed E-state index contributed by atoms with van der Waals surface area (Å²) in [7, 11) is 0. The molecule has 0 saturated heterocycles. The van der Waals surface area contributed by atoms with Crippen molar-refractivity contribution in [3.05, 3.63) is 71.3 Å². The van der Waals surface area contributed by atoms with Gasteiger partial charge in [-0.2, -0.15) is 0 Å². The monoisotopic (exact) mass is 329 g/mol. The smallest absolute Gasteiger partial charge is 0.0205 e. The quantitative estimate of drug-likeness (QED) is 0.575. The zero-order valence-corrected chi connectivity index (χ0v) is 15.7. The van der Waals surface area contributed by atoms with Gasteiger partial charge in [-0.3, -0.25) is 0 Å². The van der Waals surface area contributed by atoms with Crippen molar-refractivity contribution in [3.8, 4) is 0 Å². The van der Waals surface area contributed by atoms with E-state index in [1.165, 1.54) is 36.0 Å². The summed E-state index contributed by atoms with van der Waals surface area (Å²) in [5.74, 6) is 0. The fraction of sp³-hybridized carbons (Fsp3) is 0.478. The molecule has 1 nitrogen and oxygen atoms in total. The summed E-state index contributed by atoms with van der Waals surface area (Å²) >= 11 is 0. The van der Waals surface area contributed by atoms with E-state index in [0.29, 0.717) is 0 Å². The second kappa shape index (κ2) is 17.7. The Bertz CT molecular complexity index is 459. The average Bonchev–Trinajstić information content (AvgIpc) is 2.60. The van der Waals surface area contributed by atoms with Crippen molar-refractivity contribution in [3.63, 3.8) is 0 Å². The standard InChI is InChI=1S/C13H21N.C7H8.C2H6.CH4/c1-3-5-12-6-8-13(9-7-12)11-14-10-4-2;1-7-5-3-2-4-6-7;1-2;/h6-9,14H,3-5,10-11H2,1-2H3;2-6H,1H3;1-2H3;1H4. The van der Waals surface area contributed by atoms with E-state index in [-0.39, 0.29) is 7.43 Å². The van der Waals surface area contributed by atoms with Crippen LogP contribution in [0.25, 0.3) is 0 Å². The fourth-order valence-electron chi connectivity index (χ4n) is 2.06. The van der Waals surface area contributed by atoms with E-state index >= 15 is 0 Å². The molecular formula is C23H39N. The first-order valence-corrected chi connectivity index (χ1v) is 9.06. The number of hydrogen-bond acceptors (Lipinski definition) is 1. The molecular weight excluding hydrogens is 290 g/mol. The molecule has 1 heteroatoms. The number of nitrogens with one attached hydrogen (secondary N) is 1. The fourth-order valence-corrected chi connectivity index (χ4v) is 2.06. The molecule has 0 atom stereocenters. The predicted molar refractivity (Wildman–Crippen MR) is 112 cm³/mol. The highest BCUT2D eigenvalue weighted by molar-refractivity contribution is 5.22. The van der Waals surface area contributed by atoms with Gasteiger partial charge in [0.1, 0.15) is 0 Å². The average molecular weight is 330 g/mol. The van der Waals surface area contributed by atoms with E-state index in [0.717, 1.165) is 13.1 Å². The number of rotatable bonds is 6. The van der Waals surface area contributed by atoms with E-state index in [1.54, 1.807) is 0 Å². The van der Waals surface area contributed by atoms with Gasteiger partial charge in [-0.25, -0.2) is 0 Å². The van der Waals surface area contributed by atoms with Crippen molar-refractivity contribution in [1.29, 1.82) is 0 Å². The van der Waals surface area contributed by atoms with Crippen LogP contribution in [0.5, 0.6) is 0 Å². The van der Waals surface area contributed by atoms with Crippen LogP contribution in [0.1, 0.15) is 64.7 Å². The van der Waals surface area contributed by atoms with Gasteiger partial charge >= 0.3 is 0 Å². The van der Waals surface area contributed by atoms with Crippen molar-refractivity contribution < 1.29 is 0 Å². The lowest BCUT2D eigenvalue weighted by atomic mass is 10.1. The molecule has 0 aromatic heterocycles. The van der Waals surface area contributed by atoms with Crippen LogP contribution in [0.4, 0.5) is 0 Å². The summed E-state index contributed by atoms with van der Waals surface area (Å²) in [5.41, 5.74) is 4.16. The van der Waals surface area contributed by atoms with Gasteiger partial charge in [0.15, 0.2) is 0 Å². The molecule has 0 aliphatic heterocycles. The molecule has 0 bridgehead atoms. The Balaban J connectivity index is 0. The zero-order chi connectivity index (χ0) is 17.3. The summed E-state index contributed by atoms with van der Waals surface area (Å²) in [6.07, 6.45) is 3.63. The topological polar surface area (TPSA) is 12.0 Å². The molecule has 0 heterocycles. The first-order valence-electron chi connectivity index (χ1n) is 9.06. The molecule has 0 unspecified atom stereocenters. The van der Waals surface area contributed by atoms with Gasteiger partial charge in [0.05, 0.1) is 0 Å². The number of benzene rings is 2. The van der Waals surface area contributed by atoms with Crippen LogP contribution in [0.15, 0.2) is 54.6 Å². The van der Waals surface area contributed by atoms with Crippen LogP contribution in [0.3, 0.4) is 0 Å². The van der Waals surface area contributed by atoms with Gasteiger partial charge in [0, 0.05) is 6.54 Å². The molecule has 2 rings (SSSR count). The summed E-state index contributed by atoms with van der Waals surface area (Å²) in [6.45, 7) is 12.6. The molecule has 136 valence electrons. The van der Waals surface area contributed by atoms with Crippen LogP contribution >= 0.6 is 0 Å².